The summed E-state index contributed by atoms with van der Waals surface area (Å²) in [7, 11) is -0.0936. The Balaban J connectivity index is 2.29. The summed E-state index contributed by atoms with van der Waals surface area (Å²) in [6, 6.07) is 31.2. The second-order valence-electron chi connectivity index (χ2n) is 7.69. The van der Waals surface area contributed by atoms with E-state index in [4.69, 9.17) is 9.16 Å². The minimum absolute atomic E-state index is 0.250. The van der Waals surface area contributed by atoms with Crippen LogP contribution in [0, 0.1) is 0 Å². The highest BCUT2D eigenvalue weighted by atomic mass is 28.4. The molecule has 0 bridgehead atoms. The first kappa shape index (κ1) is 19.6. The zero-order valence-electron chi connectivity index (χ0n) is 16.6. The van der Waals surface area contributed by atoms with E-state index in [-0.39, 0.29) is 6.10 Å². The van der Waals surface area contributed by atoms with Crippen LogP contribution < -0.4 is 0 Å². The van der Waals surface area contributed by atoms with E-state index >= 15 is 0 Å². The summed E-state index contributed by atoms with van der Waals surface area (Å²) in [6.07, 6.45) is -0.250. The molecule has 1 atom stereocenters. The van der Waals surface area contributed by atoms with Gasteiger partial charge >= 0.3 is 0 Å². The second kappa shape index (κ2) is 8.22. The van der Waals surface area contributed by atoms with Crippen molar-refractivity contribution in [2.45, 2.75) is 31.3 Å². The fraction of sp³-hybridized carbons (Fsp3) is 0.250. The largest absolute Gasteiger partial charge is 0.407 e. The van der Waals surface area contributed by atoms with Crippen molar-refractivity contribution in [3.63, 3.8) is 0 Å². The Morgan fingerprint density at radius 3 is 1.44 bits per heavy atom. The van der Waals surface area contributed by atoms with Crippen molar-refractivity contribution in [3.05, 3.63) is 108 Å². The molecule has 3 rings (SSSR count). The maximum absolute atomic E-state index is 6.80. The summed E-state index contributed by atoms with van der Waals surface area (Å²) < 4.78 is 13.2. The average molecular weight is 377 g/mol. The summed E-state index contributed by atoms with van der Waals surface area (Å²) in [5.74, 6) is 0. The van der Waals surface area contributed by atoms with E-state index in [2.05, 4.69) is 92.4 Å². The van der Waals surface area contributed by atoms with Gasteiger partial charge in [0.05, 0.1) is 0 Å². The standard InChI is InChI=1S/C24H28O2Si/c1-25-24(21-16-10-6-11-17-21,22-18-12-7-13-19-22)23(26-27(2,3)4)20-14-8-5-9-15-20/h5-19,23H,1-4H3/t23-/m1/s1. The first-order chi connectivity index (χ1) is 13.0. The summed E-state index contributed by atoms with van der Waals surface area (Å²) >= 11 is 0. The fourth-order valence-electron chi connectivity index (χ4n) is 3.55. The minimum Gasteiger partial charge on any atom is -0.407 e. The molecule has 0 N–H and O–H groups in total. The highest BCUT2D eigenvalue weighted by Crippen LogP contribution is 2.47. The monoisotopic (exact) mass is 376 g/mol. The van der Waals surface area contributed by atoms with Crippen LogP contribution in [0.25, 0.3) is 0 Å². The maximum atomic E-state index is 6.80. The molecule has 0 aliphatic carbocycles. The normalized spacial score (nSPS) is 13.3. The number of hydrogen-bond acceptors (Lipinski definition) is 2. The Labute approximate surface area is 163 Å². The van der Waals surface area contributed by atoms with Gasteiger partial charge in [-0.1, -0.05) is 91.0 Å². The van der Waals surface area contributed by atoms with E-state index in [0.29, 0.717) is 0 Å². The Morgan fingerprint density at radius 1 is 0.667 bits per heavy atom. The Bertz CT molecular complexity index is 787. The van der Waals surface area contributed by atoms with Gasteiger partial charge < -0.3 is 9.16 Å². The van der Waals surface area contributed by atoms with Crippen molar-refractivity contribution in [2.24, 2.45) is 0 Å². The van der Waals surface area contributed by atoms with Crippen LogP contribution >= 0.6 is 0 Å². The quantitative estimate of drug-likeness (QED) is 0.459. The third-order valence-electron chi connectivity index (χ3n) is 4.67. The Hall–Kier alpha value is -2.20. The summed E-state index contributed by atoms with van der Waals surface area (Å²) in [5.41, 5.74) is 2.57. The van der Waals surface area contributed by atoms with E-state index in [9.17, 15) is 0 Å². The van der Waals surface area contributed by atoms with Gasteiger partial charge in [-0.2, -0.15) is 0 Å². The van der Waals surface area contributed by atoms with Crippen LogP contribution in [-0.2, 0) is 14.8 Å². The Morgan fingerprint density at radius 2 is 1.07 bits per heavy atom. The lowest BCUT2D eigenvalue weighted by Crippen LogP contribution is -2.43. The topological polar surface area (TPSA) is 18.5 Å². The van der Waals surface area contributed by atoms with E-state index in [1.807, 2.05) is 18.2 Å². The molecule has 3 heteroatoms. The number of hydrogen-bond donors (Lipinski definition) is 0. The smallest absolute Gasteiger partial charge is 0.184 e. The van der Waals surface area contributed by atoms with Crippen LogP contribution in [0.3, 0.4) is 0 Å². The zero-order chi connectivity index (χ0) is 19.3. The molecule has 0 amide bonds. The molecular formula is C24H28O2Si. The zero-order valence-corrected chi connectivity index (χ0v) is 17.6. The van der Waals surface area contributed by atoms with Crippen LogP contribution in [-0.4, -0.2) is 15.4 Å². The lowest BCUT2D eigenvalue weighted by Gasteiger charge is -2.43. The highest BCUT2D eigenvalue weighted by Gasteiger charge is 2.45. The van der Waals surface area contributed by atoms with E-state index in [1.165, 1.54) is 0 Å². The van der Waals surface area contributed by atoms with E-state index in [0.717, 1.165) is 16.7 Å². The molecule has 3 aromatic carbocycles. The number of rotatable bonds is 7. The van der Waals surface area contributed by atoms with Crippen molar-refractivity contribution in [1.29, 1.82) is 0 Å². The van der Waals surface area contributed by atoms with Crippen LogP contribution in [0.1, 0.15) is 22.8 Å². The third-order valence-corrected chi connectivity index (χ3v) is 5.61. The molecule has 0 spiro atoms. The third kappa shape index (κ3) is 4.21. The molecule has 0 fully saturated rings. The molecule has 0 saturated carbocycles. The molecule has 3 aromatic rings. The van der Waals surface area contributed by atoms with Gasteiger partial charge in [0.1, 0.15) is 11.7 Å². The van der Waals surface area contributed by atoms with Gasteiger partial charge in [-0.05, 0) is 36.3 Å². The number of benzene rings is 3. The van der Waals surface area contributed by atoms with Gasteiger partial charge in [-0.15, -0.1) is 0 Å². The lowest BCUT2D eigenvalue weighted by atomic mass is 9.78. The van der Waals surface area contributed by atoms with Crippen molar-refractivity contribution >= 4 is 8.32 Å². The molecule has 0 heterocycles. The maximum Gasteiger partial charge on any atom is 0.184 e. The van der Waals surface area contributed by atoms with Gasteiger partial charge in [0, 0.05) is 7.11 Å². The molecule has 0 aliphatic rings. The van der Waals surface area contributed by atoms with Crippen molar-refractivity contribution in [2.75, 3.05) is 7.11 Å². The molecule has 2 nitrogen and oxygen atoms in total. The highest BCUT2D eigenvalue weighted by molar-refractivity contribution is 6.69. The van der Waals surface area contributed by atoms with Gasteiger partial charge in [0.15, 0.2) is 8.32 Å². The van der Waals surface area contributed by atoms with Crippen LogP contribution in [0.4, 0.5) is 0 Å². The number of ether oxygens (including phenoxy) is 1. The number of methoxy groups -OCH3 is 1. The molecule has 0 aromatic heterocycles. The molecular weight excluding hydrogens is 348 g/mol. The van der Waals surface area contributed by atoms with Crippen LogP contribution in [0.5, 0.6) is 0 Å². The van der Waals surface area contributed by atoms with Crippen molar-refractivity contribution in [3.8, 4) is 0 Å². The van der Waals surface area contributed by atoms with Gasteiger partial charge in [0.25, 0.3) is 0 Å². The summed E-state index contributed by atoms with van der Waals surface area (Å²) in [4.78, 5) is 0. The van der Waals surface area contributed by atoms with Gasteiger partial charge in [-0.3, -0.25) is 0 Å². The molecule has 0 saturated heterocycles. The van der Waals surface area contributed by atoms with Gasteiger partial charge in [-0.25, -0.2) is 0 Å². The van der Waals surface area contributed by atoms with Crippen molar-refractivity contribution in [1.82, 2.24) is 0 Å². The van der Waals surface area contributed by atoms with Crippen molar-refractivity contribution < 1.29 is 9.16 Å². The van der Waals surface area contributed by atoms with Crippen LogP contribution in [0.15, 0.2) is 91.0 Å². The van der Waals surface area contributed by atoms with E-state index < -0.39 is 13.9 Å². The first-order valence-corrected chi connectivity index (χ1v) is 12.8. The average Bonchev–Trinajstić information content (AvgIpc) is 2.70. The minimum atomic E-state index is -1.87. The molecule has 140 valence electrons. The lowest BCUT2D eigenvalue weighted by molar-refractivity contribution is -0.0733. The predicted molar refractivity (Wildman–Crippen MR) is 114 cm³/mol. The Kier molecular flexibility index (Phi) is 5.95. The van der Waals surface area contributed by atoms with E-state index in [1.54, 1.807) is 7.11 Å². The summed E-state index contributed by atoms with van der Waals surface area (Å²) in [5, 5.41) is 0. The fourth-order valence-corrected chi connectivity index (χ4v) is 4.56. The predicted octanol–water partition coefficient (Wildman–Crippen LogP) is 6.17. The van der Waals surface area contributed by atoms with Gasteiger partial charge in [0.2, 0.25) is 0 Å². The second-order valence-corrected chi connectivity index (χ2v) is 12.2. The summed E-state index contributed by atoms with van der Waals surface area (Å²) in [6.45, 7) is 6.66. The molecule has 0 aliphatic heterocycles. The first-order valence-electron chi connectivity index (χ1n) is 9.36. The molecule has 27 heavy (non-hydrogen) atoms. The van der Waals surface area contributed by atoms with Crippen LogP contribution in [0.2, 0.25) is 19.6 Å². The SMILES string of the molecule is COC(c1ccccc1)(c1ccccc1)[C@H](O[Si](C)(C)C)c1ccccc1. The molecule has 0 unspecified atom stereocenters. The molecule has 0 radical (unpaired) electrons.